The third-order valence-corrected chi connectivity index (χ3v) is 4.25. The molecule has 0 spiro atoms. The Kier molecular flexibility index (Phi) is 5.07. The van der Waals surface area contributed by atoms with E-state index >= 15 is 0 Å². The van der Waals surface area contributed by atoms with Gasteiger partial charge in [-0.3, -0.25) is 0 Å². The lowest BCUT2D eigenvalue weighted by Crippen LogP contribution is -2.16. The monoisotopic (exact) mass is 345 g/mol. The molecule has 1 saturated carbocycles. The summed E-state index contributed by atoms with van der Waals surface area (Å²) >= 11 is 3.45. The molecule has 2 aromatic carbocycles. The van der Waals surface area contributed by atoms with Crippen molar-refractivity contribution in [2.45, 2.75) is 38.6 Å². The summed E-state index contributed by atoms with van der Waals surface area (Å²) in [6.45, 7) is 2.26. The van der Waals surface area contributed by atoms with E-state index < -0.39 is 0 Å². The second kappa shape index (κ2) is 7.21. The van der Waals surface area contributed by atoms with Gasteiger partial charge in [-0.2, -0.15) is 0 Å². The van der Waals surface area contributed by atoms with E-state index in [0.29, 0.717) is 13.2 Å². The van der Waals surface area contributed by atoms with E-state index in [1.54, 1.807) is 0 Å². The van der Waals surface area contributed by atoms with Crippen LogP contribution < -0.4 is 5.32 Å². The van der Waals surface area contributed by atoms with E-state index in [4.69, 9.17) is 4.74 Å². The smallest absolute Gasteiger partial charge is 0.0724 e. The zero-order chi connectivity index (χ0) is 14.5. The van der Waals surface area contributed by atoms with Crippen molar-refractivity contribution in [1.29, 1.82) is 0 Å². The van der Waals surface area contributed by atoms with Crippen molar-refractivity contribution in [1.82, 2.24) is 5.32 Å². The molecule has 3 heteroatoms. The van der Waals surface area contributed by atoms with Gasteiger partial charge in [-0.15, -0.1) is 0 Å². The largest absolute Gasteiger partial charge is 0.372 e. The predicted molar refractivity (Wildman–Crippen MR) is 88.9 cm³/mol. The van der Waals surface area contributed by atoms with Gasteiger partial charge in [0.25, 0.3) is 0 Å². The highest BCUT2D eigenvalue weighted by atomic mass is 79.9. The van der Waals surface area contributed by atoms with Crippen molar-refractivity contribution >= 4 is 15.9 Å². The van der Waals surface area contributed by atoms with E-state index in [9.17, 15) is 0 Å². The number of halogens is 1. The second-order valence-corrected chi connectivity index (χ2v) is 6.46. The molecule has 3 rings (SSSR count). The molecular weight excluding hydrogens is 326 g/mol. The lowest BCUT2D eigenvalue weighted by Gasteiger charge is -2.11. The Morgan fingerprint density at radius 2 is 1.67 bits per heavy atom. The van der Waals surface area contributed by atoms with Crippen LogP contribution in [0.25, 0.3) is 0 Å². The molecule has 110 valence electrons. The Bertz CT molecular complexity index is 578. The van der Waals surface area contributed by atoms with Crippen molar-refractivity contribution in [3.8, 4) is 0 Å². The van der Waals surface area contributed by atoms with Crippen LogP contribution in [0, 0.1) is 0 Å². The summed E-state index contributed by atoms with van der Waals surface area (Å²) in [6.07, 6.45) is 2.64. The number of ether oxygens (including phenoxy) is 1. The molecule has 0 bridgehead atoms. The topological polar surface area (TPSA) is 21.3 Å². The third-order valence-electron chi connectivity index (χ3n) is 3.72. The maximum atomic E-state index is 5.87. The van der Waals surface area contributed by atoms with Gasteiger partial charge in [0.1, 0.15) is 0 Å². The summed E-state index contributed by atoms with van der Waals surface area (Å²) in [7, 11) is 0. The first-order valence-corrected chi connectivity index (χ1v) is 8.23. The molecule has 0 amide bonds. The van der Waals surface area contributed by atoms with Crippen LogP contribution in [0.4, 0.5) is 0 Å². The van der Waals surface area contributed by atoms with Gasteiger partial charge >= 0.3 is 0 Å². The molecular formula is C18H20BrNO. The average Bonchev–Trinajstić information content (AvgIpc) is 3.33. The molecule has 0 aliphatic heterocycles. The Balaban J connectivity index is 1.52. The molecule has 0 heterocycles. The highest BCUT2D eigenvalue weighted by Gasteiger charge is 2.20. The molecule has 0 aromatic heterocycles. The summed E-state index contributed by atoms with van der Waals surface area (Å²) in [5.41, 5.74) is 3.83. The minimum absolute atomic E-state index is 0.650. The van der Waals surface area contributed by atoms with Gasteiger partial charge in [0.2, 0.25) is 0 Å². The van der Waals surface area contributed by atoms with Gasteiger partial charge in [0, 0.05) is 17.1 Å². The zero-order valence-corrected chi connectivity index (χ0v) is 13.6. The fraction of sp³-hybridized carbons (Fsp3) is 0.333. The number of nitrogens with one attached hydrogen (secondary N) is 1. The molecule has 1 aliphatic rings. The number of hydrogen-bond donors (Lipinski definition) is 1. The van der Waals surface area contributed by atoms with Gasteiger partial charge in [-0.05, 0) is 41.7 Å². The molecule has 0 radical (unpaired) electrons. The van der Waals surface area contributed by atoms with Crippen LogP contribution in [-0.4, -0.2) is 6.04 Å². The van der Waals surface area contributed by atoms with Crippen LogP contribution in [-0.2, 0) is 24.5 Å². The minimum Gasteiger partial charge on any atom is -0.372 e. The maximum Gasteiger partial charge on any atom is 0.0724 e. The molecule has 1 fully saturated rings. The van der Waals surface area contributed by atoms with Crippen LogP contribution >= 0.6 is 15.9 Å². The summed E-state index contributed by atoms with van der Waals surface area (Å²) in [5.74, 6) is 0. The van der Waals surface area contributed by atoms with Crippen LogP contribution in [0.3, 0.4) is 0 Å². The third kappa shape index (κ3) is 4.67. The van der Waals surface area contributed by atoms with Crippen molar-refractivity contribution < 1.29 is 4.74 Å². The fourth-order valence-electron chi connectivity index (χ4n) is 2.27. The van der Waals surface area contributed by atoms with Crippen molar-refractivity contribution in [2.75, 3.05) is 0 Å². The van der Waals surface area contributed by atoms with Crippen LogP contribution in [0.2, 0.25) is 0 Å². The first kappa shape index (κ1) is 14.8. The minimum atomic E-state index is 0.650. The first-order valence-electron chi connectivity index (χ1n) is 7.43. The van der Waals surface area contributed by atoms with Crippen molar-refractivity contribution in [3.05, 3.63) is 69.7 Å². The highest BCUT2D eigenvalue weighted by molar-refractivity contribution is 9.10. The molecule has 2 aromatic rings. The molecule has 2 nitrogen and oxygen atoms in total. The average molecular weight is 346 g/mol. The standard InChI is InChI=1S/C18H20BrNO/c19-17-7-5-14(6-8-17)12-21-13-16-4-2-1-3-15(16)11-20-18-9-10-18/h1-8,18,20H,9-13H2. The Labute approximate surface area is 134 Å². The van der Waals surface area contributed by atoms with Crippen molar-refractivity contribution in [3.63, 3.8) is 0 Å². The lowest BCUT2D eigenvalue weighted by molar-refractivity contribution is 0.106. The van der Waals surface area contributed by atoms with Gasteiger partial charge in [0.15, 0.2) is 0 Å². The van der Waals surface area contributed by atoms with Crippen molar-refractivity contribution in [2.24, 2.45) is 0 Å². The second-order valence-electron chi connectivity index (χ2n) is 5.54. The zero-order valence-electron chi connectivity index (χ0n) is 12.0. The number of rotatable bonds is 7. The van der Waals surface area contributed by atoms with Crippen LogP contribution in [0.15, 0.2) is 53.0 Å². The van der Waals surface area contributed by atoms with E-state index in [-0.39, 0.29) is 0 Å². The number of hydrogen-bond acceptors (Lipinski definition) is 2. The predicted octanol–water partition coefficient (Wildman–Crippen LogP) is 4.42. The quantitative estimate of drug-likeness (QED) is 0.801. The summed E-state index contributed by atoms with van der Waals surface area (Å²) in [4.78, 5) is 0. The molecule has 1 aliphatic carbocycles. The molecule has 1 N–H and O–H groups in total. The molecule has 0 atom stereocenters. The highest BCUT2D eigenvalue weighted by Crippen LogP contribution is 2.20. The Morgan fingerprint density at radius 3 is 2.38 bits per heavy atom. The first-order chi connectivity index (χ1) is 10.3. The fourth-order valence-corrected chi connectivity index (χ4v) is 2.54. The Morgan fingerprint density at radius 1 is 0.952 bits per heavy atom. The normalized spacial score (nSPS) is 14.3. The summed E-state index contributed by atoms with van der Waals surface area (Å²) in [6, 6.07) is 17.5. The molecule has 0 saturated heterocycles. The van der Waals surface area contributed by atoms with E-state index in [1.165, 1.54) is 29.5 Å². The van der Waals surface area contributed by atoms with Gasteiger partial charge in [-0.1, -0.05) is 52.3 Å². The maximum absolute atomic E-state index is 5.87. The van der Waals surface area contributed by atoms with Gasteiger partial charge in [0.05, 0.1) is 13.2 Å². The summed E-state index contributed by atoms with van der Waals surface area (Å²) in [5, 5.41) is 3.57. The molecule has 0 unspecified atom stereocenters. The van der Waals surface area contributed by atoms with E-state index in [2.05, 4.69) is 57.6 Å². The summed E-state index contributed by atoms with van der Waals surface area (Å²) < 4.78 is 6.97. The van der Waals surface area contributed by atoms with Gasteiger partial charge in [-0.25, -0.2) is 0 Å². The van der Waals surface area contributed by atoms with Crippen LogP contribution in [0.1, 0.15) is 29.5 Å². The van der Waals surface area contributed by atoms with Gasteiger partial charge < -0.3 is 10.1 Å². The van der Waals surface area contributed by atoms with Crippen LogP contribution in [0.5, 0.6) is 0 Å². The Hall–Kier alpha value is -1.16. The lowest BCUT2D eigenvalue weighted by atomic mass is 10.1. The molecule has 21 heavy (non-hydrogen) atoms. The van der Waals surface area contributed by atoms with E-state index in [1.807, 2.05) is 12.1 Å². The SMILES string of the molecule is Brc1ccc(COCc2ccccc2CNC2CC2)cc1. The van der Waals surface area contributed by atoms with E-state index in [0.717, 1.165) is 17.1 Å². The number of benzene rings is 2.